The zero-order valence-electron chi connectivity index (χ0n) is 9.06. The molecule has 0 bridgehead atoms. The van der Waals surface area contributed by atoms with Gasteiger partial charge in [0.05, 0.1) is 11.6 Å². The van der Waals surface area contributed by atoms with Crippen molar-refractivity contribution >= 4 is 23.0 Å². The number of aldehydes is 1. The van der Waals surface area contributed by atoms with Crippen LogP contribution in [0.5, 0.6) is 0 Å². The van der Waals surface area contributed by atoms with Crippen molar-refractivity contribution in [3.63, 3.8) is 0 Å². The van der Waals surface area contributed by atoms with Crippen molar-refractivity contribution in [1.29, 1.82) is 5.26 Å². The van der Waals surface area contributed by atoms with Crippen LogP contribution in [0.15, 0.2) is 24.4 Å². The average Bonchev–Trinajstić information content (AvgIpc) is 2.78. The number of aromatic amines is 1. The van der Waals surface area contributed by atoms with Gasteiger partial charge in [0.25, 0.3) is 0 Å². The van der Waals surface area contributed by atoms with Gasteiger partial charge in [0.2, 0.25) is 0 Å². The molecule has 1 heterocycles. The number of Topliss-reactive ketones (excluding diaryl/α,β-unsaturated/α-hetero) is 1. The van der Waals surface area contributed by atoms with Gasteiger partial charge < -0.3 is 9.78 Å². The Bertz CT molecular complexity index is 620. The Morgan fingerprint density at radius 1 is 1.47 bits per heavy atom. The predicted octanol–water partition coefficient (Wildman–Crippen LogP) is 2.20. The molecule has 0 radical (unpaired) electrons. The molecule has 0 spiro atoms. The molecule has 84 valence electrons. The first-order valence-electron chi connectivity index (χ1n) is 5.24. The van der Waals surface area contributed by atoms with Crippen LogP contribution < -0.4 is 0 Å². The Morgan fingerprint density at radius 3 is 3.00 bits per heavy atom. The predicted molar refractivity (Wildman–Crippen MR) is 62.6 cm³/mol. The number of rotatable bonds is 4. The maximum Gasteiger partial charge on any atom is 0.165 e. The van der Waals surface area contributed by atoms with Gasteiger partial charge in [-0.2, -0.15) is 5.26 Å². The molecule has 4 nitrogen and oxygen atoms in total. The van der Waals surface area contributed by atoms with Crippen LogP contribution in [0.2, 0.25) is 0 Å². The lowest BCUT2D eigenvalue weighted by atomic mass is 10.0. The number of nitriles is 1. The number of hydrogen-bond donors (Lipinski definition) is 1. The van der Waals surface area contributed by atoms with E-state index in [9.17, 15) is 9.59 Å². The number of aromatic nitrogens is 1. The largest absolute Gasteiger partial charge is 0.360 e. The van der Waals surface area contributed by atoms with Crippen molar-refractivity contribution in [3.05, 3.63) is 35.5 Å². The molecular weight excluding hydrogens is 216 g/mol. The second kappa shape index (κ2) is 4.62. The highest BCUT2D eigenvalue weighted by Crippen LogP contribution is 2.21. The maximum absolute atomic E-state index is 11.8. The summed E-state index contributed by atoms with van der Waals surface area (Å²) in [4.78, 5) is 25.0. The van der Waals surface area contributed by atoms with Crippen LogP contribution in [-0.2, 0) is 4.79 Å². The molecule has 0 fully saturated rings. The Morgan fingerprint density at radius 2 is 2.29 bits per heavy atom. The van der Waals surface area contributed by atoms with Crippen LogP contribution >= 0.6 is 0 Å². The SMILES string of the molecule is N#Cc1ccc2[nH]cc(C(=O)CCC=O)c2c1. The number of ketones is 1. The van der Waals surface area contributed by atoms with Crippen LogP contribution in [0.3, 0.4) is 0 Å². The van der Waals surface area contributed by atoms with E-state index in [0.29, 0.717) is 11.1 Å². The van der Waals surface area contributed by atoms with Gasteiger partial charge >= 0.3 is 0 Å². The number of nitrogens with one attached hydrogen (secondary N) is 1. The number of carbonyl (C=O) groups excluding carboxylic acids is 2. The van der Waals surface area contributed by atoms with E-state index in [2.05, 4.69) is 4.98 Å². The molecule has 0 amide bonds. The normalized spacial score (nSPS) is 10.1. The summed E-state index contributed by atoms with van der Waals surface area (Å²) in [5.74, 6) is -0.0848. The summed E-state index contributed by atoms with van der Waals surface area (Å²) in [6.45, 7) is 0. The van der Waals surface area contributed by atoms with E-state index < -0.39 is 0 Å². The Hall–Kier alpha value is -2.41. The number of hydrogen-bond acceptors (Lipinski definition) is 3. The van der Waals surface area contributed by atoms with E-state index in [1.54, 1.807) is 24.4 Å². The standard InChI is InChI=1S/C13H10N2O2/c14-7-9-3-4-12-10(6-9)11(8-15-12)13(17)2-1-5-16/h3-6,8,15H,1-2H2. The zero-order valence-corrected chi connectivity index (χ0v) is 9.06. The van der Waals surface area contributed by atoms with Gasteiger partial charge in [-0.1, -0.05) is 0 Å². The van der Waals surface area contributed by atoms with E-state index in [1.165, 1.54) is 0 Å². The molecule has 0 saturated carbocycles. The maximum atomic E-state index is 11.8. The monoisotopic (exact) mass is 226 g/mol. The number of nitrogens with zero attached hydrogens (tertiary/aromatic N) is 1. The fraction of sp³-hybridized carbons (Fsp3) is 0.154. The summed E-state index contributed by atoms with van der Waals surface area (Å²) < 4.78 is 0. The molecule has 0 aliphatic rings. The Kier molecular flexibility index (Phi) is 3.01. The summed E-state index contributed by atoms with van der Waals surface area (Å²) in [6, 6.07) is 7.18. The molecule has 1 aromatic heterocycles. The molecule has 0 unspecified atom stereocenters. The molecule has 2 aromatic rings. The molecule has 4 heteroatoms. The lowest BCUT2D eigenvalue weighted by Crippen LogP contribution is -1.98. The topological polar surface area (TPSA) is 73.7 Å². The number of benzene rings is 1. The van der Waals surface area contributed by atoms with Gasteiger partial charge in [-0.3, -0.25) is 4.79 Å². The third kappa shape index (κ3) is 2.08. The van der Waals surface area contributed by atoms with E-state index in [0.717, 1.165) is 17.2 Å². The van der Waals surface area contributed by atoms with Gasteiger partial charge in [0.1, 0.15) is 6.29 Å². The number of carbonyl (C=O) groups is 2. The molecule has 0 atom stereocenters. The van der Waals surface area contributed by atoms with E-state index in [1.807, 2.05) is 6.07 Å². The van der Waals surface area contributed by atoms with E-state index in [4.69, 9.17) is 5.26 Å². The van der Waals surface area contributed by atoms with Crippen molar-refractivity contribution in [1.82, 2.24) is 4.98 Å². The van der Waals surface area contributed by atoms with Crippen molar-refractivity contribution < 1.29 is 9.59 Å². The highest BCUT2D eigenvalue weighted by Gasteiger charge is 2.11. The lowest BCUT2D eigenvalue weighted by Gasteiger charge is -1.96. The minimum atomic E-state index is -0.0848. The van der Waals surface area contributed by atoms with Crippen LogP contribution in [-0.4, -0.2) is 17.1 Å². The first-order valence-corrected chi connectivity index (χ1v) is 5.24. The fourth-order valence-electron chi connectivity index (χ4n) is 1.75. The molecular formula is C13H10N2O2. The van der Waals surface area contributed by atoms with Crippen molar-refractivity contribution in [2.24, 2.45) is 0 Å². The smallest absolute Gasteiger partial charge is 0.165 e. The number of H-pyrrole nitrogens is 1. The summed E-state index contributed by atoms with van der Waals surface area (Å²) in [5.41, 5.74) is 1.87. The summed E-state index contributed by atoms with van der Waals surface area (Å²) in [6.07, 6.45) is 2.78. The molecule has 2 rings (SSSR count). The second-order valence-corrected chi connectivity index (χ2v) is 3.70. The average molecular weight is 226 g/mol. The van der Waals surface area contributed by atoms with Gasteiger partial charge in [-0.15, -0.1) is 0 Å². The minimum absolute atomic E-state index is 0.0848. The van der Waals surface area contributed by atoms with Crippen molar-refractivity contribution in [2.45, 2.75) is 12.8 Å². The molecule has 1 N–H and O–H groups in total. The lowest BCUT2D eigenvalue weighted by molar-refractivity contribution is -0.107. The summed E-state index contributed by atoms with van der Waals surface area (Å²) in [7, 11) is 0. The highest BCUT2D eigenvalue weighted by molar-refractivity contribution is 6.08. The fourth-order valence-corrected chi connectivity index (χ4v) is 1.75. The van der Waals surface area contributed by atoms with Gasteiger partial charge in [0, 0.05) is 35.5 Å². The van der Waals surface area contributed by atoms with Crippen LogP contribution in [0.1, 0.15) is 28.8 Å². The van der Waals surface area contributed by atoms with Gasteiger partial charge in [-0.25, -0.2) is 0 Å². The third-order valence-electron chi connectivity index (χ3n) is 2.60. The minimum Gasteiger partial charge on any atom is -0.360 e. The Balaban J connectivity index is 2.44. The van der Waals surface area contributed by atoms with Crippen LogP contribution in [0, 0.1) is 11.3 Å². The molecule has 0 aliphatic heterocycles. The van der Waals surface area contributed by atoms with Gasteiger partial charge in [0.15, 0.2) is 5.78 Å². The molecule has 0 aliphatic carbocycles. The molecule has 17 heavy (non-hydrogen) atoms. The molecule has 1 aromatic carbocycles. The Labute approximate surface area is 97.9 Å². The van der Waals surface area contributed by atoms with Crippen LogP contribution in [0.25, 0.3) is 10.9 Å². The number of fused-ring (bicyclic) bond motifs is 1. The van der Waals surface area contributed by atoms with Crippen molar-refractivity contribution in [3.8, 4) is 6.07 Å². The summed E-state index contributed by atoms with van der Waals surface area (Å²) in [5, 5.41) is 9.55. The quantitative estimate of drug-likeness (QED) is 0.641. The second-order valence-electron chi connectivity index (χ2n) is 3.70. The third-order valence-corrected chi connectivity index (χ3v) is 2.60. The summed E-state index contributed by atoms with van der Waals surface area (Å²) >= 11 is 0. The highest BCUT2D eigenvalue weighted by atomic mass is 16.1. The van der Waals surface area contributed by atoms with E-state index >= 15 is 0 Å². The zero-order chi connectivity index (χ0) is 12.3. The molecule has 0 saturated heterocycles. The first kappa shape index (κ1) is 11.1. The van der Waals surface area contributed by atoms with E-state index in [-0.39, 0.29) is 18.6 Å². The first-order chi connectivity index (χ1) is 8.26. The van der Waals surface area contributed by atoms with Gasteiger partial charge in [-0.05, 0) is 18.2 Å². The van der Waals surface area contributed by atoms with Crippen molar-refractivity contribution in [2.75, 3.05) is 0 Å². The van der Waals surface area contributed by atoms with Crippen LogP contribution in [0.4, 0.5) is 0 Å².